The van der Waals surface area contributed by atoms with Gasteiger partial charge in [-0.1, -0.05) is 24.3 Å². The molecule has 1 saturated heterocycles. The van der Waals surface area contributed by atoms with Crippen LogP contribution in [0.15, 0.2) is 42.5 Å². The van der Waals surface area contributed by atoms with Gasteiger partial charge >= 0.3 is 0 Å². The molecule has 0 atom stereocenters. The van der Waals surface area contributed by atoms with Crippen LogP contribution in [0.3, 0.4) is 0 Å². The Kier molecular flexibility index (Phi) is 5.50. The molecule has 5 nitrogen and oxygen atoms in total. The van der Waals surface area contributed by atoms with Gasteiger partial charge in [0.05, 0.1) is 0 Å². The lowest BCUT2D eigenvalue weighted by atomic mass is 10.0. The highest BCUT2D eigenvalue weighted by Gasteiger charge is 2.22. The molecule has 4 rings (SSSR count). The van der Waals surface area contributed by atoms with E-state index >= 15 is 0 Å². The van der Waals surface area contributed by atoms with E-state index in [1.54, 1.807) is 0 Å². The third-order valence-corrected chi connectivity index (χ3v) is 5.69. The van der Waals surface area contributed by atoms with Gasteiger partial charge < -0.3 is 24.6 Å². The lowest BCUT2D eigenvalue weighted by molar-refractivity contribution is 0.174. The van der Waals surface area contributed by atoms with E-state index in [1.807, 2.05) is 6.07 Å². The number of ether oxygens (including phenoxy) is 2. The summed E-state index contributed by atoms with van der Waals surface area (Å²) in [5.41, 5.74) is 3.89. The Bertz CT molecular complexity index is 772. The smallest absolute Gasteiger partial charge is 0.231 e. The molecule has 2 aliphatic heterocycles. The topological polar surface area (TPSA) is 37.0 Å². The molecule has 2 aromatic rings. The number of nitrogens with one attached hydrogen (secondary N) is 1. The Labute approximate surface area is 161 Å². The minimum atomic E-state index is 0.322. The van der Waals surface area contributed by atoms with Crippen molar-refractivity contribution in [3.8, 4) is 11.5 Å². The van der Waals surface area contributed by atoms with Crippen LogP contribution in [-0.2, 0) is 13.1 Å². The second kappa shape index (κ2) is 8.19. The molecule has 144 valence electrons. The quantitative estimate of drug-likeness (QED) is 0.848. The van der Waals surface area contributed by atoms with Crippen molar-refractivity contribution in [1.29, 1.82) is 0 Å². The van der Waals surface area contributed by atoms with Gasteiger partial charge in [0, 0.05) is 31.9 Å². The molecule has 0 bridgehead atoms. The highest BCUT2D eigenvalue weighted by atomic mass is 16.7. The maximum Gasteiger partial charge on any atom is 0.231 e. The van der Waals surface area contributed by atoms with Crippen LogP contribution in [0.1, 0.15) is 24.0 Å². The molecule has 2 aromatic carbocycles. The molecule has 0 aromatic heterocycles. The molecule has 0 saturated carbocycles. The second-order valence-corrected chi connectivity index (χ2v) is 7.57. The normalized spacial score (nSPS) is 17.3. The molecule has 5 heteroatoms. The zero-order valence-electron chi connectivity index (χ0n) is 16.3. The van der Waals surface area contributed by atoms with E-state index in [9.17, 15) is 0 Å². The summed E-state index contributed by atoms with van der Waals surface area (Å²) >= 11 is 0. The lowest BCUT2D eigenvalue weighted by Gasteiger charge is -2.37. The van der Waals surface area contributed by atoms with E-state index < -0.39 is 0 Å². The van der Waals surface area contributed by atoms with E-state index in [2.05, 4.69) is 65.6 Å². The average molecular weight is 367 g/mol. The molecule has 0 aliphatic carbocycles. The van der Waals surface area contributed by atoms with Crippen molar-refractivity contribution in [2.75, 3.05) is 38.9 Å². The first-order valence-electron chi connectivity index (χ1n) is 9.79. The molecule has 0 spiro atoms. The Morgan fingerprint density at radius 2 is 1.81 bits per heavy atom. The number of fused-ring (bicyclic) bond motifs is 1. The molecule has 2 heterocycles. The number of para-hydroxylation sites is 1. The van der Waals surface area contributed by atoms with Gasteiger partial charge in [0.15, 0.2) is 11.5 Å². The van der Waals surface area contributed by atoms with Crippen LogP contribution in [-0.4, -0.2) is 44.9 Å². The molecular formula is C22H29N3O2. The minimum absolute atomic E-state index is 0.322. The molecule has 27 heavy (non-hydrogen) atoms. The number of piperidine rings is 1. The monoisotopic (exact) mass is 367 g/mol. The van der Waals surface area contributed by atoms with Crippen LogP contribution >= 0.6 is 0 Å². The van der Waals surface area contributed by atoms with Crippen LogP contribution in [0.25, 0.3) is 0 Å². The number of hydrogen-bond acceptors (Lipinski definition) is 5. The van der Waals surface area contributed by atoms with Gasteiger partial charge in [-0.05, 0) is 62.3 Å². The largest absolute Gasteiger partial charge is 0.454 e. The number of rotatable bonds is 6. The molecule has 1 fully saturated rings. The zero-order valence-corrected chi connectivity index (χ0v) is 16.3. The van der Waals surface area contributed by atoms with Crippen LogP contribution in [0.4, 0.5) is 5.69 Å². The van der Waals surface area contributed by atoms with Gasteiger partial charge in [-0.15, -0.1) is 0 Å². The van der Waals surface area contributed by atoms with Gasteiger partial charge in [0.2, 0.25) is 6.79 Å². The maximum atomic E-state index is 5.47. The van der Waals surface area contributed by atoms with Crippen molar-refractivity contribution in [2.24, 2.45) is 0 Å². The van der Waals surface area contributed by atoms with E-state index in [-0.39, 0.29) is 0 Å². The van der Waals surface area contributed by atoms with Crippen LogP contribution in [0.2, 0.25) is 0 Å². The van der Waals surface area contributed by atoms with Crippen LogP contribution in [0, 0.1) is 0 Å². The number of hydrogen-bond donors (Lipinski definition) is 1. The molecule has 1 N–H and O–H groups in total. The third-order valence-electron chi connectivity index (χ3n) is 5.69. The Balaban J connectivity index is 1.38. The minimum Gasteiger partial charge on any atom is -0.454 e. The van der Waals surface area contributed by atoms with E-state index in [0.717, 1.165) is 24.6 Å². The summed E-state index contributed by atoms with van der Waals surface area (Å²) in [4.78, 5) is 4.90. The van der Waals surface area contributed by atoms with Crippen molar-refractivity contribution in [3.63, 3.8) is 0 Å². The predicted octanol–water partition coefficient (Wildman–Crippen LogP) is 3.24. The van der Waals surface area contributed by atoms with E-state index in [4.69, 9.17) is 9.47 Å². The summed E-state index contributed by atoms with van der Waals surface area (Å²) in [5, 5.41) is 3.58. The van der Waals surface area contributed by atoms with Gasteiger partial charge in [0.25, 0.3) is 0 Å². The third kappa shape index (κ3) is 4.20. The first-order chi connectivity index (χ1) is 13.2. The fourth-order valence-electron chi connectivity index (χ4n) is 3.98. The molecular weight excluding hydrogens is 338 g/mol. The Morgan fingerprint density at radius 3 is 2.67 bits per heavy atom. The van der Waals surface area contributed by atoms with Crippen LogP contribution in [0.5, 0.6) is 11.5 Å². The number of likely N-dealkylation sites (tertiary alicyclic amines) is 1. The number of anilines is 1. The fourth-order valence-corrected chi connectivity index (χ4v) is 3.98. The van der Waals surface area contributed by atoms with E-state index in [1.165, 1.54) is 42.7 Å². The fraction of sp³-hybridized carbons (Fsp3) is 0.455. The first-order valence-corrected chi connectivity index (χ1v) is 9.79. The summed E-state index contributed by atoms with van der Waals surface area (Å²) in [6, 6.07) is 15.5. The molecule has 0 unspecified atom stereocenters. The number of benzene rings is 2. The Hall–Kier alpha value is -2.24. The number of nitrogens with zero attached hydrogens (tertiary/aromatic N) is 2. The maximum absolute atomic E-state index is 5.47. The molecule has 2 aliphatic rings. The Morgan fingerprint density at radius 1 is 1.04 bits per heavy atom. The lowest BCUT2D eigenvalue weighted by Crippen LogP contribution is -2.42. The van der Waals surface area contributed by atoms with Gasteiger partial charge in [-0.25, -0.2) is 0 Å². The summed E-state index contributed by atoms with van der Waals surface area (Å²) in [5.74, 6) is 1.68. The van der Waals surface area contributed by atoms with Crippen molar-refractivity contribution < 1.29 is 9.47 Å². The van der Waals surface area contributed by atoms with Crippen LogP contribution < -0.4 is 19.7 Å². The van der Waals surface area contributed by atoms with E-state index in [0.29, 0.717) is 12.8 Å². The predicted molar refractivity (Wildman–Crippen MR) is 108 cm³/mol. The standard InChI is InChI=1S/C22H29N3O2/c1-24-11-9-19(10-12-24)25(2)20-6-4-3-5-18(20)15-23-14-17-7-8-21-22(13-17)27-16-26-21/h3-8,13,19,23H,9-12,14-16H2,1-2H3. The van der Waals surface area contributed by atoms with Gasteiger partial charge in [-0.2, -0.15) is 0 Å². The SMILES string of the molecule is CN1CCC(N(C)c2ccccc2CNCc2ccc3c(c2)OCO3)CC1. The summed E-state index contributed by atoms with van der Waals surface area (Å²) in [6.07, 6.45) is 2.46. The summed E-state index contributed by atoms with van der Waals surface area (Å²) in [7, 11) is 4.46. The second-order valence-electron chi connectivity index (χ2n) is 7.57. The van der Waals surface area contributed by atoms with Crippen molar-refractivity contribution >= 4 is 5.69 Å². The van der Waals surface area contributed by atoms with Crippen molar-refractivity contribution in [1.82, 2.24) is 10.2 Å². The molecule has 0 amide bonds. The summed E-state index contributed by atoms with van der Waals surface area (Å²) in [6.45, 7) is 4.34. The van der Waals surface area contributed by atoms with Gasteiger partial charge in [-0.3, -0.25) is 0 Å². The van der Waals surface area contributed by atoms with Crippen molar-refractivity contribution in [3.05, 3.63) is 53.6 Å². The highest BCUT2D eigenvalue weighted by molar-refractivity contribution is 5.54. The first kappa shape index (κ1) is 18.1. The zero-order chi connectivity index (χ0) is 18.6. The molecule has 0 radical (unpaired) electrons. The summed E-state index contributed by atoms with van der Waals surface area (Å²) < 4.78 is 10.9. The highest BCUT2D eigenvalue weighted by Crippen LogP contribution is 2.32. The van der Waals surface area contributed by atoms with Gasteiger partial charge in [0.1, 0.15) is 0 Å². The van der Waals surface area contributed by atoms with Crippen molar-refractivity contribution in [2.45, 2.75) is 32.0 Å². The average Bonchev–Trinajstić information content (AvgIpc) is 3.16.